The Labute approximate surface area is 171 Å². The summed E-state index contributed by atoms with van der Waals surface area (Å²) in [6.07, 6.45) is 24.3. The van der Waals surface area contributed by atoms with Crippen LogP contribution in [0.4, 0.5) is 0 Å². The molecule has 0 aliphatic rings. The molecule has 0 aromatic carbocycles. The third kappa shape index (κ3) is 40.1. The monoisotopic (exact) mass is 422 g/mol. The topological polar surface area (TPSA) is 147 Å². The van der Waals surface area contributed by atoms with Gasteiger partial charge in [-0.15, -0.1) is 0 Å². The molecule has 0 rings (SSSR count). The molecule has 0 radical (unpaired) electrons. The predicted octanol–water partition coefficient (Wildman–Crippen LogP) is 4.30. The molecule has 0 aromatic rings. The zero-order chi connectivity index (χ0) is 21.5. The lowest BCUT2D eigenvalue weighted by atomic mass is 10.1. The highest BCUT2D eigenvalue weighted by molar-refractivity contribution is 7.45. The van der Waals surface area contributed by atoms with Gasteiger partial charge >= 0.3 is 7.82 Å². The lowest BCUT2D eigenvalue weighted by Crippen LogP contribution is -2.09. The summed E-state index contributed by atoms with van der Waals surface area (Å²) in [5.41, 5.74) is 10.6. The van der Waals surface area contributed by atoms with Gasteiger partial charge in [-0.3, -0.25) is 4.79 Å². The van der Waals surface area contributed by atoms with Gasteiger partial charge in [0.05, 0.1) is 0 Å². The van der Waals surface area contributed by atoms with Crippen molar-refractivity contribution in [3.63, 3.8) is 0 Å². The van der Waals surface area contributed by atoms with Crippen LogP contribution in [0, 0.1) is 0 Å². The number of carbonyl (C=O) groups excluding carboxylic acids is 1. The second-order valence-electron chi connectivity index (χ2n) is 7.16. The average molecular weight is 423 g/mol. The van der Waals surface area contributed by atoms with Crippen molar-refractivity contribution in [3.8, 4) is 0 Å². The van der Waals surface area contributed by atoms with E-state index < -0.39 is 7.82 Å². The number of amides is 1. The number of primary amides is 1. The molecular weight excluding hydrogens is 379 g/mol. The molecule has 0 unspecified atom stereocenters. The lowest BCUT2D eigenvalue weighted by Gasteiger charge is -2.00. The molecule has 0 aliphatic heterocycles. The van der Waals surface area contributed by atoms with Crippen molar-refractivity contribution in [1.29, 1.82) is 0 Å². The lowest BCUT2D eigenvalue weighted by molar-refractivity contribution is -0.118. The SMILES string of the molecule is NCCCCCCCCCC/C=C\CCCCCCCC(N)=O.O=P(O)(O)O. The van der Waals surface area contributed by atoms with E-state index in [1.165, 1.54) is 83.5 Å². The standard InChI is InChI=1S/C20H40N2O.H3O4P/c21-19-17-15-13-11-9-7-5-3-1-2-4-6-8-10-12-14-16-18-20(22)23;1-5(2,3)4/h2,4H,1,3,5-19,21H2,(H2,22,23);(H3,1,2,3,4)/b4-2-;. The van der Waals surface area contributed by atoms with Crippen LogP contribution in [-0.4, -0.2) is 27.1 Å². The van der Waals surface area contributed by atoms with E-state index in [9.17, 15) is 4.79 Å². The van der Waals surface area contributed by atoms with E-state index in [1.807, 2.05) is 0 Å². The van der Waals surface area contributed by atoms with Crippen molar-refractivity contribution in [2.75, 3.05) is 6.54 Å². The number of unbranched alkanes of at least 4 members (excludes halogenated alkanes) is 13. The molecule has 0 spiro atoms. The fourth-order valence-electron chi connectivity index (χ4n) is 2.79. The molecule has 0 bridgehead atoms. The highest BCUT2D eigenvalue weighted by atomic mass is 31.2. The minimum absolute atomic E-state index is 0.167. The molecule has 0 atom stereocenters. The molecule has 28 heavy (non-hydrogen) atoms. The van der Waals surface area contributed by atoms with E-state index in [4.69, 9.17) is 30.7 Å². The quantitative estimate of drug-likeness (QED) is 0.126. The molecule has 0 aromatic heterocycles. The van der Waals surface area contributed by atoms with Crippen LogP contribution < -0.4 is 11.5 Å². The molecule has 0 saturated carbocycles. The molecule has 1 amide bonds. The zero-order valence-electron chi connectivity index (χ0n) is 17.4. The smallest absolute Gasteiger partial charge is 0.370 e. The number of hydrogen-bond donors (Lipinski definition) is 5. The zero-order valence-corrected chi connectivity index (χ0v) is 18.3. The average Bonchev–Trinajstić information content (AvgIpc) is 2.59. The largest absolute Gasteiger partial charge is 0.466 e. The van der Waals surface area contributed by atoms with Gasteiger partial charge in [0.25, 0.3) is 0 Å². The van der Waals surface area contributed by atoms with Gasteiger partial charge in [-0.25, -0.2) is 4.57 Å². The fourth-order valence-corrected chi connectivity index (χ4v) is 2.79. The normalized spacial score (nSPS) is 11.4. The first-order chi connectivity index (χ1) is 13.3. The van der Waals surface area contributed by atoms with E-state index in [-0.39, 0.29) is 5.91 Å². The second kappa shape index (κ2) is 22.6. The minimum atomic E-state index is -4.64. The summed E-state index contributed by atoms with van der Waals surface area (Å²) in [4.78, 5) is 32.1. The highest BCUT2D eigenvalue weighted by Gasteiger charge is 2.00. The van der Waals surface area contributed by atoms with Crippen molar-refractivity contribution in [3.05, 3.63) is 12.2 Å². The Morgan fingerprint density at radius 1 is 0.679 bits per heavy atom. The number of rotatable bonds is 18. The maximum absolute atomic E-state index is 10.6. The van der Waals surface area contributed by atoms with Crippen molar-refractivity contribution in [1.82, 2.24) is 0 Å². The summed E-state index contributed by atoms with van der Waals surface area (Å²) in [5, 5.41) is 0. The van der Waals surface area contributed by atoms with Crippen molar-refractivity contribution in [2.45, 2.75) is 103 Å². The molecular formula is C20H43N2O5P. The van der Waals surface area contributed by atoms with Crippen LogP contribution in [0.5, 0.6) is 0 Å². The third-order valence-corrected chi connectivity index (χ3v) is 4.29. The fraction of sp³-hybridized carbons (Fsp3) is 0.850. The molecule has 0 fully saturated rings. The van der Waals surface area contributed by atoms with Crippen molar-refractivity contribution >= 4 is 13.7 Å². The maximum Gasteiger partial charge on any atom is 0.466 e. The van der Waals surface area contributed by atoms with Crippen LogP contribution in [0.3, 0.4) is 0 Å². The van der Waals surface area contributed by atoms with E-state index >= 15 is 0 Å². The number of hydrogen-bond acceptors (Lipinski definition) is 3. The third-order valence-electron chi connectivity index (χ3n) is 4.29. The van der Waals surface area contributed by atoms with Gasteiger partial charge in [-0.2, -0.15) is 0 Å². The molecule has 8 heteroatoms. The summed E-state index contributed by atoms with van der Waals surface area (Å²) >= 11 is 0. The van der Waals surface area contributed by atoms with E-state index in [0.717, 1.165) is 19.4 Å². The van der Waals surface area contributed by atoms with Gasteiger partial charge in [0.1, 0.15) is 0 Å². The van der Waals surface area contributed by atoms with Crippen molar-refractivity contribution in [2.24, 2.45) is 11.5 Å². The Morgan fingerprint density at radius 2 is 1.00 bits per heavy atom. The molecule has 7 N–H and O–H groups in total. The molecule has 7 nitrogen and oxygen atoms in total. The van der Waals surface area contributed by atoms with Crippen LogP contribution in [0.25, 0.3) is 0 Å². The van der Waals surface area contributed by atoms with E-state index in [1.54, 1.807) is 0 Å². The number of carbonyl (C=O) groups is 1. The Bertz CT molecular complexity index is 405. The Hall–Kier alpha value is -0.720. The molecule has 0 saturated heterocycles. The summed E-state index contributed by atoms with van der Waals surface area (Å²) in [5.74, 6) is -0.167. The summed E-state index contributed by atoms with van der Waals surface area (Å²) < 4.78 is 8.88. The van der Waals surface area contributed by atoms with E-state index in [0.29, 0.717) is 6.42 Å². The summed E-state index contributed by atoms with van der Waals surface area (Å²) in [6, 6.07) is 0. The second-order valence-corrected chi connectivity index (χ2v) is 8.19. The van der Waals surface area contributed by atoms with Gasteiger partial charge < -0.3 is 26.1 Å². The first-order valence-electron chi connectivity index (χ1n) is 10.7. The van der Waals surface area contributed by atoms with Gasteiger partial charge in [-0.05, 0) is 45.1 Å². The first-order valence-corrected chi connectivity index (χ1v) is 12.3. The van der Waals surface area contributed by atoms with Crippen LogP contribution >= 0.6 is 7.82 Å². The highest BCUT2D eigenvalue weighted by Crippen LogP contribution is 2.25. The number of nitrogens with two attached hydrogens (primary N) is 2. The molecule has 0 heterocycles. The van der Waals surface area contributed by atoms with Crippen LogP contribution in [0.15, 0.2) is 12.2 Å². The van der Waals surface area contributed by atoms with E-state index in [2.05, 4.69) is 12.2 Å². The number of allylic oxidation sites excluding steroid dienone is 2. The van der Waals surface area contributed by atoms with Crippen LogP contribution in [-0.2, 0) is 9.36 Å². The Kier molecular flexibility index (Phi) is 23.8. The number of phosphoric acid groups is 1. The minimum Gasteiger partial charge on any atom is -0.370 e. The Morgan fingerprint density at radius 3 is 1.36 bits per heavy atom. The van der Waals surface area contributed by atoms with Gasteiger partial charge in [0.2, 0.25) is 5.91 Å². The Balaban J connectivity index is 0. The van der Waals surface area contributed by atoms with Crippen LogP contribution in [0.2, 0.25) is 0 Å². The van der Waals surface area contributed by atoms with Gasteiger partial charge in [0.15, 0.2) is 0 Å². The van der Waals surface area contributed by atoms with Crippen molar-refractivity contribution < 1.29 is 24.0 Å². The molecule has 168 valence electrons. The van der Waals surface area contributed by atoms with Gasteiger partial charge in [0, 0.05) is 6.42 Å². The summed E-state index contributed by atoms with van der Waals surface area (Å²) in [6.45, 7) is 0.849. The van der Waals surface area contributed by atoms with Crippen LogP contribution in [0.1, 0.15) is 103 Å². The summed E-state index contributed by atoms with van der Waals surface area (Å²) in [7, 11) is -4.64. The maximum atomic E-state index is 10.6. The molecule has 0 aliphatic carbocycles. The van der Waals surface area contributed by atoms with Gasteiger partial charge in [-0.1, -0.05) is 69.9 Å². The predicted molar refractivity (Wildman–Crippen MR) is 116 cm³/mol. The first kappa shape index (κ1) is 29.5.